The van der Waals surface area contributed by atoms with Crippen LogP contribution >= 0.6 is 0 Å². The summed E-state index contributed by atoms with van der Waals surface area (Å²) in [7, 11) is 0. The van der Waals surface area contributed by atoms with E-state index in [4.69, 9.17) is 9.84 Å². The molecular formula is C14H25NO3. The molecule has 0 aliphatic carbocycles. The lowest BCUT2D eigenvalue weighted by atomic mass is 9.94. The van der Waals surface area contributed by atoms with E-state index in [2.05, 4.69) is 19.2 Å². The van der Waals surface area contributed by atoms with Crippen LogP contribution in [0.3, 0.4) is 0 Å². The molecule has 0 aromatic carbocycles. The van der Waals surface area contributed by atoms with Gasteiger partial charge in [0.25, 0.3) is 5.91 Å². The number of allylic oxidation sites excluding steroid dienone is 1. The molecule has 0 bridgehead atoms. The molecule has 1 aliphatic rings. The molecule has 0 aromatic heterocycles. The third-order valence-corrected chi connectivity index (χ3v) is 3.05. The zero-order valence-corrected chi connectivity index (χ0v) is 11.4. The van der Waals surface area contributed by atoms with Crippen LogP contribution in [-0.2, 0) is 9.53 Å². The van der Waals surface area contributed by atoms with Gasteiger partial charge in [0.15, 0.2) is 5.76 Å². The van der Waals surface area contributed by atoms with Crippen molar-refractivity contribution in [3.8, 4) is 0 Å². The molecule has 104 valence electrons. The highest BCUT2D eigenvalue weighted by atomic mass is 16.5. The maximum Gasteiger partial charge on any atom is 0.286 e. The van der Waals surface area contributed by atoms with Gasteiger partial charge < -0.3 is 15.2 Å². The van der Waals surface area contributed by atoms with Gasteiger partial charge in [0.2, 0.25) is 0 Å². The summed E-state index contributed by atoms with van der Waals surface area (Å²) in [5, 5.41) is 11.9. The van der Waals surface area contributed by atoms with Crippen molar-refractivity contribution in [2.45, 2.75) is 39.5 Å². The van der Waals surface area contributed by atoms with Gasteiger partial charge in [0.05, 0.1) is 6.61 Å². The van der Waals surface area contributed by atoms with Gasteiger partial charge in [-0.3, -0.25) is 4.79 Å². The van der Waals surface area contributed by atoms with Gasteiger partial charge in [-0.2, -0.15) is 0 Å². The molecule has 2 N–H and O–H groups in total. The first kappa shape index (κ1) is 15.0. The van der Waals surface area contributed by atoms with E-state index in [1.807, 2.05) is 6.08 Å². The van der Waals surface area contributed by atoms with Gasteiger partial charge in [-0.05, 0) is 43.6 Å². The molecule has 1 rings (SSSR count). The van der Waals surface area contributed by atoms with Gasteiger partial charge in [-0.15, -0.1) is 0 Å². The van der Waals surface area contributed by atoms with Crippen molar-refractivity contribution in [3.05, 3.63) is 11.8 Å². The Hall–Kier alpha value is -1.03. The van der Waals surface area contributed by atoms with E-state index in [-0.39, 0.29) is 12.5 Å². The van der Waals surface area contributed by atoms with Crippen molar-refractivity contribution in [1.29, 1.82) is 0 Å². The fourth-order valence-corrected chi connectivity index (χ4v) is 2.19. The lowest BCUT2D eigenvalue weighted by molar-refractivity contribution is -0.121. The topological polar surface area (TPSA) is 58.6 Å². The maximum atomic E-state index is 11.8. The van der Waals surface area contributed by atoms with E-state index in [0.29, 0.717) is 30.7 Å². The van der Waals surface area contributed by atoms with Crippen LogP contribution in [0.1, 0.15) is 39.5 Å². The van der Waals surface area contributed by atoms with Crippen LogP contribution in [0.25, 0.3) is 0 Å². The zero-order chi connectivity index (χ0) is 13.4. The average Bonchev–Trinajstić information content (AvgIpc) is 2.36. The van der Waals surface area contributed by atoms with E-state index in [1.165, 1.54) is 0 Å². The van der Waals surface area contributed by atoms with Crippen molar-refractivity contribution in [2.24, 2.45) is 11.8 Å². The molecule has 18 heavy (non-hydrogen) atoms. The molecule has 4 heteroatoms. The summed E-state index contributed by atoms with van der Waals surface area (Å²) in [4.78, 5) is 11.8. The molecule has 0 saturated carbocycles. The molecule has 0 saturated heterocycles. The molecule has 0 aromatic rings. The molecular weight excluding hydrogens is 230 g/mol. The van der Waals surface area contributed by atoms with E-state index in [1.54, 1.807) is 0 Å². The van der Waals surface area contributed by atoms with Gasteiger partial charge in [-0.1, -0.05) is 13.8 Å². The summed E-state index contributed by atoms with van der Waals surface area (Å²) in [5.41, 5.74) is 0. The second-order valence-electron chi connectivity index (χ2n) is 5.28. The summed E-state index contributed by atoms with van der Waals surface area (Å²) in [6.45, 7) is 5.72. The van der Waals surface area contributed by atoms with Gasteiger partial charge in [0, 0.05) is 13.2 Å². The Morgan fingerprint density at radius 2 is 2.33 bits per heavy atom. The van der Waals surface area contributed by atoms with Gasteiger partial charge >= 0.3 is 0 Å². The first-order valence-corrected chi connectivity index (χ1v) is 6.85. The second-order valence-corrected chi connectivity index (χ2v) is 5.28. The van der Waals surface area contributed by atoms with Gasteiger partial charge in [-0.25, -0.2) is 0 Å². The van der Waals surface area contributed by atoms with E-state index in [0.717, 1.165) is 25.7 Å². The highest BCUT2D eigenvalue weighted by molar-refractivity contribution is 5.91. The number of carbonyl (C=O) groups excluding carboxylic acids is 1. The lowest BCUT2D eigenvalue weighted by Crippen LogP contribution is -2.32. The zero-order valence-electron chi connectivity index (χ0n) is 11.4. The number of aliphatic hydroxyl groups excluding tert-OH is 1. The van der Waals surface area contributed by atoms with Crippen LogP contribution in [0.5, 0.6) is 0 Å². The van der Waals surface area contributed by atoms with Crippen LogP contribution in [0.4, 0.5) is 0 Å². The standard InChI is InChI=1S/C14H25NO3/c1-11(2)9-12(6-7-16)10-15-14(17)13-5-3-4-8-18-13/h5,11-12,16H,3-4,6-10H2,1-2H3,(H,15,17). The summed E-state index contributed by atoms with van der Waals surface area (Å²) >= 11 is 0. The predicted molar refractivity (Wildman–Crippen MR) is 70.9 cm³/mol. The Bertz CT molecular complexity index is 287. The van der Waals surface area contributed by atoms with Crippen molar-refractivity contribution < 1.29 is 14.6 Å². The number of amides is 1. The summed E-state index contributed by atoms with van der Waals surface area (Å²) < 4.78 is 5.31. The van der Waals surface area contributed by atoms with Crippen LogP contribution < -0.4 is 5.32 Å². The molecule has 0 fully saturated rings. The third-order valence-electron chi connectivity index (χ3n) is 3.05. The minimum Gasteiger partial charge on any atom is -0.488 e. The number of nitrogens with one attached hydrogen (secondary N) is 1. The second kappa shape index (κ2) is 8.14. The van der Waals surface area contributed by atoms with Crippen LogP contribution in [0.15, 0.2) is 11.8 Å². The van der Waals surface area contributed by atoms with Crippen LogP contribution in [-0.4, -0.2) is 30.8 Å². The minimum atomic E-state index is -0.124. The van der Waals surface area contributed by atoms with E-state index < -0.39 is 0 Å². The van der Waals surface area contributed by atoms with Crippen LogP contribution in [0.2, 0.25) is 0 Å². The molecule has 0 spiro atoms. The fraction of sp³-hybridized carbons (Fsp3) is 0.786. The molecule has 1 amide bonds. The van der Waals surface area contributed by atoms with Crippen molar-refractivity contribution in [2.75, 3.05) is 19.8 Å². The average molecular weight is 255 g/mol. The summed E-state index contributed by atoms with van der Waals surface area (Å²) in [6.07, 6.45) is 5.49. The highest BCUT2D eigenvalue weighted by Gasteiger charge is 2.16. The Kier molecular flexibility index (Phi) is 6.80. The predicted octanol–water partition coefficient (Wildman–Crippen LogP) is 1.84. The fourth-order valence-electron chi connectivity index (χ4n) is 2.19. The molecule has 1 unspecified atom stereocenters. The normalized spacial score (nSPS) is 17.0. The van der Waals surface area contributed by atoms with E-state index >= 15 is 0 Å². The number of carbonyl (C=O) groups is 1. The lowest BCUT2D eigenvalue weighted by Gasteiger charge is -2.20. The smallest absolute Gasteiger partial charge is 0.286 e. The van der Waals surface area contributed by atoms with E-state index in [9.17, 15) is 4.79 Å². The Morgan fingerprint density at radius 3 is 2.89 bits per heavy atom. The minimum absolute atomic E-state index is 0.124. The Labute approximate surface area is 109 Å². The Balaban J connectivity index is 2.36. The van der Waals surface area contributed by atoms with Crippen LogP contribution in [0, 0.1) is 11.8 Å². The molecule has 1 aliphatic heterocycles. The number of rotatable bonds is 7. The number of hydrogen-bond donors (Lipinski definition) is 2. The largest absolute Gasteiger partial charge is 0.488 e. The van der Waals surface area contributed by atoms with Crippen molar-refractivity contribution in [3.63, 3.8) is 0 Å². The number of ether oxygens (including phenoxy) is 1. The molecule has 0 radical (unpaired) electrons. The quantitative estimate of drug-likeness (QED) is 0.730. The van der Waals surface area contributed by atoms with Crippen molar-refractivity contribution in [1.82, 2.24) is 5.32 Å². The molecule has 4 nitrogen and oxygen atoms in total. The summed E-state index contributed by atoms with van der Waals surface area (Å²) in [5.74, 6) is 1.24. The number of hydrogen-bond acceptors (Lipinski definition) is 3. The summed E-state index contributed by atoms with van der Waals surface area (Å²) in [6, 6.07) is 0. The van der Waals surface area contributed by atoms with Crippen molar-refractivity contribution >= 4 is 5.91 Å². The third kappa shape index (κ3) is 5.54. The maximum absolute atomic E-state index is 11.8. The number of aliphatic hydroxyl groups is 1. The first-order valence-electron chi connectivity index (χ1n) is 6.85. The van der Waals surface area contributed by atoms with Gasteiger partial charge in [0.1, 0.15) is 0 Å². The first-order chi connectivity index (χ1) is 8.63. The molecule has 1 heterocycles. The highest BCUT2D eigenvalue weighted by Crippen LogP contribution is 2.15. The Morgan fingerprint density at radius 1 is 1.56 bits per heavy atom. The molecule has 1 atom stereocenters. The monoisotopic (exact) mass is 255 g/mol. The SMILES string of the molecule is CC(C)CC(CCO)CNC(=O)C1=CCCCO1.